The molecule has 0 aliphatic carbocycles. The van der Waals surface area contributed by atoms with E-state index in [0.29, 0.717) is 0 Å². The fraction of sp³-hybridized carbons (Fsp3) is 0.182. The number of hydrogen-bond acceptors (Lipinski definition) is 5. The van der Waals surface area contributed by atoms with E-state index in [4.69, 9.17) is 15.2 Å². The van der Waals surface area contributed by atoms with Crippen molar-refractivity contribution in [2.24, 2.45) is 0 Å². The third-order valence-corrected chi connectivity index (χ3v) is 2.59. The molecule has 2 aromatic rings. The van der Waals surface area contributed by atoms with E-state index in [2.05, 4.69) is 9.68 Å². The molecule has 0 radical (unpaired) electrons. The van der Waals surface area contributed by atoms with Crippen LogP contribution >= 0.6 is 0 Å². The molecule has 0 atom stereocenters. The zero-order chi connectivity index (χ0) is 12.7. The van der Waals surface area contributed by atoms with Gasteiger partial charge in [-0.1, -0.05) is 5.16 Å². The highest BCUT2D eigenvalue weighted by Gasteiger charge is 2.27. The first-order valence-electron chi connectivity index (χ1n) is 5.16. The van der Waals surface area contributed by atoms with Crippen LogP contribution in [0.1, 0.15) is 0 Å². The van der Waals surface area contributed by atoms with Gasteiger partial charge in [0.05, 0.1) is 17.3 Å². The average molecular weight is 254 g/mol. The minimum Gasteiger partial charge on any atom is -0.486 e. The van der Waals surface area contributed by atoms with Gasteiger partial charge in [-0.2, -0.15) is 0 Å². The molecule has 1 aromatic heterocycles. The maximum absolute atomic E-state index is 13.9. The summed E-state index contributed by atoms with van der Waals surface area (Å²) in [7, 11) is 0. The Morgan fingerprint density at radius 3 is 2.72 bits per heavy atom. The Hall–Kier alpha value is -2.31. The quantitative estimate of drug-likeness (QED) is 0.842. The van der Waals surface area contributed by atoms with Gasteiger partial charge in [-0.15, -0.1) is 0 Å². The van der Waals surface area contributed by atoms with Gasteiger partial charge >= 0.3 is 0 Å². The van der Waals surface area contributed by atoms with Gasteiger partial charge in [0.2, 0.25) is 5.88 Å². The smallest absolute Gasteiger partial charge is 0.230 e. The van der Waals surface area contributed by atoms with Crippen molar-refractivity contribution >= 4 is 5.88 Å². The number of benzene rings is 1. The van der Waals surface area contributed by atoms with Gasteiger partial charge in [0.15, 0.2) is 23.1 Å². The summed E-state index contributed by atoms with van der Waals surface area (Å²) in [5.41, 5.74) is 5.51. The summed E-state index contributed by atoms with van der Waals surface area (Å²) in [6.07, 6.45) is 1.20. The second-order valence-electron chi connectivity index (χ2n) is 3.68. The van der Waals surface area contributed by atoms with E-state index in [1.54, 1.807) is 0 Å². The van der Waals surface area contributed by atoms with Crippen molar-refractivity contribution in [3.05, 3.63) is 23.9 Å². The summed E-state index contributed by atoms with van der Waals surface area (Å²) in [5, 5.41) is 3.43. The number of fused-ring (bicyclic) bond motifs is 1. The predicted molar refractivity (Wildman–Crippen MR) is 57.3 cm³/mol. The van der Waals surface area contributed by atoms with Crippen molar-refractivity contribution in [1.82, 2.24) is 5.16 Å². The summed E-state index contributed by atoms with van der Waals surface area (Å²) >= 11 is 0. The van der Waals surface area contributed by atoms with Gasteiger partial charge in [-0.25, -0.2) is 8.78 Å². The average Bonchev–Trinajstić information content (AvgIpc) is 2.77. The number of nitrogen functional groups attached to an aromatic ring is 1. The Labute approximate surface area is 100 Å². The molecule has 0 amide bonds. The van der Waals surface area contributed by atoms with Crippen LogP contribution in [0.25, 0.3) is 11.1 Å². The van der Waals surface area contributed by atoms with E-state index in [-0.39, 0.29) is 41.7 Å². The topological polar surface area (TPSA) is 70.5 Å². The van der Waals surface area contributed by atoms with Crippen LogP contribution in [0.2, 0.25) is 0 Å². The lowest BCUT2D eigenvalue weighted by Crippen LogP contribution is -2.17. The lowest BCUT2D eigenvalue weighted by Gasteiger charge is -2.21. The molecule has 1 aliphatic rings. The normalized spacial score (nSPS) is 13.7. The summed E-state index contributed by atoms with van der Waals surface area (Å²) in [5.74, 6) is -1.99. The lowest BCUT2D eigenvalue weighted by molar-refractivity contribution is 0.170. The van der Waals surface area contributed by atoms with Crippen molar-refractivity contribution in [3.8, 4) is 22.6 Å². The molecule has 7 heteroatoms. The molecular formula is C11H8F2N2O3. The van der Waals surface area contributed by atoms with Crippen molar-refractivity contribution in [2.75, 3.05) is 18.9 Å². The van der Waals surface area contributed by atoms with Gasteiger partial charge in [-0.05, 0) is 0 Å². The molecule has 2 N–H and O–H groups in total. The highest BCUT2D eigenvalue weighted by atomic mass is 19.2. The van der Waals surface area contributed by atoms with Crippen molar-refractivity contribution < 1.29 is 22.8 Å². The number of ether oxygens (including phenoxy) is 2. The number of halogens is 2. The summed E-state index contributed by atoms with van der Waals surface area (Å²) in [6, 6.07) is 0.941. The van der Waals surface area contributed by atoms with Gasteiger partial charge in [0.1, 0.15) is 13.2 Å². The molecule has 1 aliphatic heterocycles. The molecular weight excluding hydrogens is 246 g/mol. The monoisotopic (exact) mass is 254 g/mol. The SMILES string of the molecule is Nc1oncc1-c1c(F)c(F)cc2c1OCCO2. The fourth-order valence-electron chi connectivity index (χ4n) is 1.81. The zero-order valence-corrected chi connectivity index (χ0v) is 9.07. The molecule has 94 valence electrons. The number of hydrogen-bond donors (Lipinski definition) is 1. The van der Waals surface area contributed by atoms with E-state index in [0.717, 1.165) is 6.07 Å². The van der Waals surface area contributed by atoms with Crippen LogP contribution in [0.5, 0.6) is 11.5 Å². The Kier molecular flexibility index (Phi) is 2.32. The van der Waals surface area contributed by atoms with Crippen LogP contribution in [0.15, 0.2) is 16.8 Å². The van der Waals surface area contributed by atoms with Crippen molar-refractivity contribution in [2.45, 2.75) is 0 Å². The number of rotatable bonds is 1. The van der Waals surface area contributed by atoms with E-state index in [9.17, 15) is 8.78 Å². The van der Waals surface area contributed by atoms with Gasteiger partial charge in [0.25, 0.3) is 0 Å². The van der Waals surface area contributed by atoms with Crippen LogP contribution in [-0.2, 0) is 0 Å². The second-order valence-corrected chi connectivity index (χ2v) is 3.68. The first-order chi connectivity index (χ1) is 8.68. The van der Waals surface area contributed by atoms with Crippen LogP contribution < -0.4 is 15.2 Å². The molecule has 0 saturated heterocycles. The van der Waals surface area contributed by atoms with Crippen LogP contribution in [0.3, 0.4) is 0 Å². The Morgan fingerprint density at radius 1 is 1.22 bits per heavy atom. The van der Waals surface area contributed by atoms with E-state index in [1.807, 2.05) is 0 Å². The number of nitrogens with two attached hydrogens (primary N) is 1. The van der Waals surface area contributed by atoms with Gasteiger partial charge in [0, 0.05) is 6.07 Å². The predicted octanol–water partition coefficient (Wildman–Crippen LogP) is 1.97. The highest BCUT2D eigenvalue weighted by Crippen LogP contribution is 2.44. The molecule has 0 spiro atoms. The maximum Gasteiger partial charge on any atom is 0.230 e. The number of anilines is 1. The first kappa shape index (κ1) is 10.8. The number of nitrogens with zero attached hydrogens (tertiary/aromatic N) is 1. The summed E-state index contributed by atoms with van der Waals surface area (Å²) in [6.45, 7) is 0.521. The largest absolute Gasteiger partial charge is 0.486 e. The molecule has 0 saturated carbocycles. The van der Waals surface area contributed by atoms with Gasteiger partial charge < -0.3 is 19.7 Å². The molecule has 2 heterocycles. The molecule has 0 fully saturated rings. The molecule has 18 heavy (non-hydrogen) atoms. The molecule has 0 unspecified atom stereocenters. The van der Waals surface area contributed by atoms with E-state index < -0.39 is 11.6 Å². The van der Waals surface area contributed by atoms with Crippen molar-refractivity contribution in [3.63, 3.8) is 0 Å². The molecule has 3 rings (SSSR count). The Morgan fingerprint density at radius 2 is 2.00 bits per heavy atom. The zero-order valence-electron chi connectivity index (χ0n) is 9.07. The maximum atomic E-state index is 13.9. The highest BCUT2D eigenvalue weighted by molar-refractivity contribution is 5.80. The first-order valence-corrected chi connectivity index (χ1v) is 5.16. The summed E-state index contributed by atoms with van der Waals surface area (Å²) < 4.78 is 42.6. The summed E-state index contributed by atoms with van der Waals surface area (Å²) in [4.78, 5) is 0. The third kappa shape index (κ3) is 1.47. The minimum absolute atomic E-state index is 0.107. The molecule has 1 aromatic carbocycles. The molecule has 5 nitrogen and oxygen atoms in total. The minimum atomic E-state index is -1.07. The Bertz CT molecular complexity index is 613. The van der Waals surface area contributed by atoms with Gasteiger partial charge in [-0.3, -0.25) is 0 Å². The number of aromatic nitrogens is 1. The second kappa shape index (κ2) is 3.86. The van der Waals surface area contributed by atoms with E-state index >= 15 is 0 Å². The van der Waals surface area contributed by atoms with E-state index in [1.165, 1.54) is 6.20 Å². The Balaban J connectivity index is 2.30. The third-order valence-electron chi connectivity index (χ3n) is 2.59. The lowest BCUT2D eigenvalue weighted by atomic mass is 10.1. The molecule has 0 bridgehead atoms. The van der Waals surface area contributed by atoms with Crippen LogP contribution in [-0.4, -0.2) is 18.4 Å². The van der Waals surface area contributed by atoms with Crippen molar-refractivity contribution in [1.29, 1.82) is 0 Å². The van der Waals surface area contributed by atoms with Crippen LogP contribution in [0, 0.1) is 11.6 Å². The fourth-order valence-corrected chi connectivity index (χ4v) is 1.81. The van der Waals surface area contributed by atoms with Crippen LogP contribution in [0.4, 0.5) is 14.7 Å². The standard InChI is InChI=1S/C11H8F2N2O3/c12-6-3-7-10(17-2-1-16-7)8(9(6)13)5-4-15-18-11(5)14/h3-4H,1-2,14H2.